The Morgan fingerprint density at radius 3 is 2.39 bits per heavy atom. The molecule has 0 aliphatic heterocycles. The van der Waals surface area contributed by atoms with Gasteiger partial charge < -0.3 is 10.1 Å². The van der Waals surface area contributed by atoms with Gasteiger partial charge in [0.15, 0.2) is 0 Å². The zero-order valence-electron chi connectivity index (χ0n) is 16.8. The topological polar surface area (TPSA) is 84.5 Å². The minimum absolute atomic E-state index is 0.0423. The first kappa shape index (κ1) is 21.9. The fraction of sp³-hybridized carbons (Fsp3) is 0.381. The Bertz CT molecular complexity index is 909. The molecular formula is C21H28N2O4S. The van der Waals surface area contributed by atoms with Crippen molar-refractivity contribution in [3.8, 4) is 5.75 Å². The molecule has 0 spiro atoms. The Morgan fingerprint density at radius 2 is 1.79 bits per heavy atom. The van der Waals surface area contributed by atoms with Crippen molar-refractivity contribution in [2.75, 3.05) is 13.7 Å². The van der Waals surface area contributed by atoms with E-state index in [1.165, 1.54) is 0 Å². The number of nitrogens with one attached hydrogen (secondary N) is 2. The van der Waals surface area contributed by atoms with Crippen LogP contribution in [0.2, 0.25) is 0 Å². The largest absolute Gasteiger partial charge is 0.497 e. The van der Waals surface area contributed by atoms with E-state index < -0.39 is 10.0 Å². The van der Waals surface area contributed by atoms with Gasteiger partial charge in [-0.25, -0.2) is 13.1 Å². The van der Waals surface area contributed by atoms with E-state index in [2.05, 4.69) is 10.0 Å². The number of benzene rings is 2. The zero-order chi connectivity index (χ0) is 20.7. The molecule has 152 valence electrons. The number of hydrogen-bond donors (Lipinski definition) is 2. The summed E-state index contributed by atoms with van der Waals surface area (Å²) in [4.78, 5) is 12.5. The van der Waals surface area contributed by atoms with Crippen molar-refractivity contribution in [2.24, 2.45) is 0 Å². The van der Waals surface area contributed by atoms with Crippen LogP contribution in [-0.2, 0) is 14.8 Å². The van der Waals surface area contributed by atoms with E-state index in [0.717, 1.165) is 23.3 Å². The summed E-state index contributed by atoms with van der Waals surface area (Å²) in [5.74, 6) is 0.553. The second-order valence-electron chi connectivity index (χ2n) is 6.72. The molecule has 0 aromatic heterocycles. The molecule has 2 aromatic carbocycles. The molecule has 0 saturated carbocycles. The van der Waals surface area contributed by atoms with Gasteiger partial charge in [0.1, 0.15) is 5.75 Å². The Labute approximate surface area is 167 Å². The van der Waals surface area contributed by atoms with Gasteiger partial charge in [-0.3, -0.25) is 4.79 Å². The first-order valence-corrected chi connectivity index (χ1v) is 10.8. The Morgan fingerprint density at radius 1 is 1.11 bits per heavy atom. The maximum atomic E-state index is 12.5. The summed E-state index contributed by atoms with van der Waals surface area (Å²) < 4.78 is 32.6. The van der Waals surface area contributed by atoms with Gasteiger partial charge in [0.05, 0.1) is 18.0 Å². The molecule has 7 heteroatoms. The normalized spacial score (nSPS) is 12.4. The quantitative estimate of drug-likeness (QED) is 0.672. The van der Waals surface area contributed by atoms with Crippen molar-refractivity contribution in [3.05, 3.63) is 59.2 Å². The van der Waals surface area contributed by atoms with Crippen LogP contribution in [0.1, 0.15) is 42.5 Å². The first-order valence-electron chi connectivity index (χ1n) is 9.27. The third-order valence-corrected chi connectivity index (χ3v) is 6.14. The highest BCUT2D eigenvalue weighted by Gasteiger charge is 2.18. The van der Waals surface area contributed by atoms with Gasteiger partial charge in [0, 0.05) is 13.0 Å². The zero-order valence-corrected chi connectivity index (χ0v) is 17.6. The molecular weight excluding hydrogens is 376 g/mol. The summed E-state index contributed by atoms with van der Waals surface area (Å²) in [5, 5.41) is 2.95. The van der Waals surface area contributed by atoms with Crippen LogP contribution < -0.4 is 14.8 Å². The van der Waals surface area contributed by atoms with Gasteiger partial charge in [0.25, 0.3) is 0 Å². The molecule has 1 amide bonds. The van der Waals surface area contributed by atoms with E-state index in [9.17, 15) is 13.2 Å². The lowest BCUT2D eigenvalue weighted by atomic mass is 10.0. The van der Waals surface area contributed by atoms with Crippen molar-refractivity contribution in [1.82, 2.24) is 10.0 Å². The van der Waals surface area contributed by atoms with E-state index in [1.54, 1.807) is 26.2 Å². The number of rotatable bonds is 9. The highest BCUT2D eigenvalue weighted by atomic mass is 32.2. The maximum Gasteiger partial charge on any atom is 0.240 e. The fourth-order valence-electron chi connectivity index (χ4n) is 2.90. The highest BCUT2D eigenvalue weighted by Crippen LogP contribution is 2.20. The van der Waals surface area contributed by atoms with E-state index in [0.29, 0.717) is 5.56 Å². The summed E-state index contributed by atoms with van der Waals surface area (Å²) in [7, 11) is -2.04. The van der Waals surface area contributed by atoms with Crippen LogP contribution in [-0.4, -0.2) is 28.0 Å². The highest BCUT2D eigenvalue weighted by molar-refractivity contribution is 7.89. The minimum Gasteiger partial charge on any atom is -0.497 e. The van der Waals surface area contributed by atoms with Crippen molar-refractivity contribution in [1.29, 1.82) is 0 Å². The molecule has 0 fully saturated rings. The number of hydrogen-bond acceptors (Lipinski definition) is 4. The van der Waals surface area contributed by atoms with Gasteiger partial charge in [-0.05, 0) is 55.2 Å². The summed E-state index contributed by atoms with van der Waals surface area (Å²) in [6, 6.07) is 12.7. The maximum absolute atomic E-state index is 12.5. The second-order valence-corrected chi connectivity index (χ2v) is 8.45. The van der Waals surface area contributed by atoms with Crippen LogP contribution >= 0.6 is 0 Å². The molecule has 0 radical (unpaired) electrons. The third kappa shape index (κ3) is 5.81. The number of methoxy groups -OCH3 is 1. The SMILES string of the molecule is CCC(NC(=O)CCNS(=O)(=O)c1cc(C)ccc1C)c1ccc(OC)cc1. The molecule has 0 heterocycles. The molecule has 0 aliphatic rings. The van der Waals surface area contributed by atoms with Crippen molar-refractivity contribution < 1.29 is 17.9 Å². The van der Waals surface area contributed by atoms with Crippen molar-refractivity contribution in [2.45, 2.75) is 44.6 Å². The Hall–Kier alpha value is -2.38. The summed E-state index contributed by atoms with van der Waals surface area (Å²) >= 11 is 0. The van der Waals surface area contributed by atoms with Gasteiger partial charge in [-0.2, -0.15) is 0 Å². The van der Waals surface area contributed by atoms with Gasteiger partial charge >= 0.3 is 0 Å². The molecule has 1 unspecified atom stereocenters. The number of amides is 1. The van der Waals surface area contributed by atoms with Gasteiger partial charge in [0.2, 0.25) is 15.9 Å². The molecule has 2 N–H and O–H groups in total. The van der Waals surface area contributed by atoms with Crippen LogP contribution in [0.15, 0.2) is 47.4 Å². The summed E-state index contributed by atoms with van der Waals surface area (Å²) in [6.07, 6.45) is 0.795. The van der Waals surface area contributed by atoms with Crippen LogP contribution in [0.3, 0.4) is 0 Å². The van der Waals surface area contributed by atoms with E-state index in [-0.39, 0.29) is 29.8 Å². The third-order valence-electron chi connectivity index (χ3n) is 4.54. The van der Waals surface area contributed by atoms with Gasteiger partial charge in [-0.1, -0.05) is 31.2 Å². The predicted octanol–water partition coefficient (Wildman–Crippen LogP) is 3.25. The number of carbonyl (C=O) groups is 1. The lowest BCUT2D eigenvalue weighted by Gasteiger charge is -2.18. The standard InChI is InChI=1S/C21H28N2O4S/c1-5-19(17-8-10-18(27-4)11-9-17)23-21(24)12-13-22-28(25,26)20-14-15(2)6-7-16(20)3/h6-11,14,19,22H,5,12-13H2,1-4H3,(H,23,24). The molecule has 0 bridgehead atoms. The first-order chi connectivity index (χ1) is 13.3. The number of carbonyl (C=O) groups excluding carboxylic acids is 1. The molecule has 2 rings (SSSR count). The Kier molecular flexibility index (Phi) is 7.60. The van der Waals surface area contributed by atoms with E-state index in [1.807, 2.05) is 44.2 Å². The average molecular weight is 405 g/mol. The minimum atomic E-state index is -3.65. The summed E-state index contributed by atoms with van der Waals surface area (Å²) in [5.41, 5.74) is 2.52. The van der Waals surface area contributed by atoms with Crippen molar-refractivity contribution in [3.63, 3.8) is 0 Å². The molecule has 2 aromatic rings. The average Bonchev–Trinajstić information content (AvgIpc) is 2.68. The van der Waals surface area contributed by atoms with E-state index in [4.69, 9.17) is 4.74 Å². The summed E-state index contributed by atoms with van der Waals surface area (Å²) in [6.45, 7) is 5.62. The Balaban J connectivity index is 1.92. The molecule has 6 nitrogen and oxygen atoms in total. The number of ether oxygens (including phenoxy) is 1. The number of aryl methyl sites for hydroxylation is 2. The monoisotopic (exact) mass is 404 g/mol. The molecule has 1 atom stereocenters. The predicted molar refractivity (Wildman–Crippen MR) is 110 cm³/mol. The fourth-order valence-corrected chi connectivity index (χ4v) is 4.26. The molecule has 28 heavy (non-hydrogen) atoms. The lowest BCUT2D eigenvalue weighted by molar-refractivity contribution is -0.121. The van der Waals surface area contributed by atoms with Gasteiger partial charge in [-0.15, -0.1) is 0 Å². The van der Waals surface area contributed by atoms with Crippen molar-refractivity contribution >= 4 is 15.9 Å². The van der Waals surface area contributed by atoms with Crippen LogP contribution in [0.5, 0.6) is 5.75 Å². The van der Waals surface area contributed by atoms with Crippen LogP contribution in [0.25, 0.3) is 0 Å². The number of sulfonamides is 1. The van der Waals surface area contributed by atoms with Crippen LogP contribution in [0.4, 0.5) is 0 Å². The second kappa shape index (κ2) is 9.71. The van der Waals surface area contributed by atoms with Crippen LogP contribution in [0, 0.1) is 13.8 Å². The van der Waals surface area contributed by atoms with E-state index >= 15 is 0 Å². The smallest absolute Gasteiger partial charge is 0.240 e. The molecule has 0 aliphatic carbocycles. The molecule has 0 saturated heterocycles. The lowest BCUT2D eigenvalue weighted by Crippen LogP contribution is -2.33.